The van der Waals surface area contributed by atoms with E-state index in [1.165, 1.54) is 29.1 Å². The number of amides is 4. The Morgan fingerprint density at radius 3 is 2.15 bits per heavy atom. The molecule has 0 spiro atoms. The molecular weight excluding hydrogens is 819 g/mol. The summed E-state index contributed by atoms with van der Waals surface area (Å²) in [6.07, 6.45) is 1.25. The fourth-order valence-electron chi connectivity index (χ4n) is 5.04. The summed E-state index contributed by atoms with van der Waals surface area (Å²) < 4.78 is 0. The number of aromatic nitrogens is 4. The lowest BCUT2D eigenvalue weighted by Gasteiger charge is -2.24. The number of carbonyl (C=O) groups is 7. The SMILES string of the molecule is CSSCC(NC(=O)[C@@H](CC(=O)O)NC(=O)[C@@H](CCCN=C(N)N)NC(=O)CC[C@@H](NC(=O)c1ccc(NCc2cnc3nc(N)[nH]c(=O)c3n2)cc1)C(=O)O)C(=O)O. The summed E-state index contributed by atoms with van der Waals surface area (Å²) in [5.74, 6) is -8.43. The van der Waals surface area contributed by atoms with E-state index in [1.807, 2.05) is 0 Å². The molecule has 3 aromatic rings. The van der Waals surface area contributed by atoms with Crippen LogP contribution in [-0.2, 0) is 35.3 Å². The van der Waals surface area contributed by atoms with E-state index in [0.717, 1.165) is 10.8 Å². The Morgan fingerprint density at radius 2 is 1.53 bits per heavy atom. The van der Waals surface area contributed by atoms with Crippen molar-refractivity contribution in [2.24, 2.45) is 16.5 Å². The van der Waals surface area contributed by atoms with E-state index in [9.17, 15) is 53.7 Å². The van der Waals surface area contributed by atoms with Gasteiger partial charge < -0.3 is 59.1 Å². The molecule has 0 aliphatic carbocycles. The number of carboxylic acid groups (broad SMARTS) is 3. The first-order chi connectivity index (χ1) is 28.0. The third kappa shape index (κ3) is 15.6. The van der Waals surface area contributed by atoms with Crippen LogP contribution in [0.1, 0.15) is 48.2 Å². The van der Waals surface area contributed by atoms with Crippen LogP contribution < -0.4 is 49.3 Å². The summed E-state index contributed by atoms with van der Waals surface area (Å²) in [4.78, 5) is 118. The van der Waals surface area contributed by atoms with Crippen molar-refractivity contribution in [3.8, 4) is 0 Å². The molecule has 0 aliphatic rings. The lowest BCUT2D eigenvalue weighted by molar-refractivity contribution is -0.143. The highest BCUT2D eigenvalue weighted by molar-refractivity contribution is 8.76. The predicted molar refractivity (Wildman–Crippen MR) is 216 cm³/mol. The van der Waals surface area contributed by atoms with Gasteiger partial charge in [-0.2, -0.15) is 4.98 Å². The molecular formula is C33H43N13O11S2. The van der Waals surface area contributed by atoms with Gasteiger partial charge in [0, 0.05) is 30.0 Å². The van der Waals surface area contributed by atoms with Gasteiger partial charge in [-0.05, 0) is 49.8 Å². The second-order valence-electron chi connectivity index (χ2n) is 12.4. The summed E-state index contributed by atoms with van der Waals surface area (Å²) in [6.45, 7) is 0.164. The number of carbonyl (C=O) groups excluding carboxylic acids is 4. The van der Waals surface area contributed by atoms with Gasteiger partial charge >= 0.3 is 17.9 Å². The van der Waals surface area contributed by atoms with Crippen molar-refractivity contribution in [2.45, 2.75) is 62.8 Å². The Bertz CT molecular complexity index is 2100. The van der Waals surface area contributed by atoms with Gasteiger partial charge in [0.25, 0.3) is 11.5 Å². The molecule has 24 nitrogen and oxygen atoms in total. The van der Waals surface area contributed by atoms with Crippen molar-refractivity contribution >= 4 is 91.9 Å². The molecule has 0 saturated carbocycles. The van der Waals surface area contributed by atoms with Gasteiger partial charge in [0.15, 0.2) is 17.1 Å². The minimum atomic E-state index is -1.74. The van der Waals surface area contributed by atoms with Crippen LogP contribution in [0.4, 0.5) is 11.6 Å². The van der Waals surface area contributed by atoms with Crippen LogP contribution in [0.15, 0.2) is 40.2 Å². The van der Waals surface area contributed by atoms with Crippen LogP contribution in [0.25, 0.3) is 11.2 Å². The number of hydrogen-bond acceptors (Lipinski definition) is 16. The zero-order valence-electron chi connectivity index (χ0n) is 31.3. The van der Waals surface area contributed by atoms with Gasteiger partial charge in [-0.15, -0.1) is 0 Å². The number of benzene rings is 1. The number of carboxylic acids is 3. The molecule has 0 aliphatic heterocycles. The highest BCUT2D eigenvalue weighted by atomic mass is 33.1. The number of anilines is 2. The first kappa shape index (κ1) is 46.7. The third-order valence-electron chi connectivity index (χ3n) is 7.95. The highest BCUT2D eigenvalue weighted by Gasteiger charge is 2.31. The van der Waals surface area contributed by atoms with Gasteiger partial charge in [0.05, 0.1) is 24.9 Å². The zero-order valence-corrected chi connectivity index (χ0v) is 32.9. The molecule has 0 saturated heterocycles. The normalized spacial score (nSPS) is 12.8. The second kappa shape index (κ2) is 22.9. The molecule has 4 atom stereocenters. The summed E-state index contributed by atoms with van der Waals surface area (Å²) in [5.41, 5.74) is 16.8. The number of hydrogen-bond donors (Lipinski definition) is 12. The summed E-state index contributed by atoms with van der Waals surface area (Å²) in [6, 6.07) is -0.170. The third-order valence-corrected chi connectivity index (χ3v) is 9.77. The minimum Gasteiger partial charge on any atom is -0.481 e. The van der Waals surface area contributed by atoms with Crippen LogP contribution in [0.5, 0.6) is 0 Å². The molecule has 3 rings (SSSR count). The predicted octanol–water partition coefficient (Wildman–Crippen LogP) is -2.05. The van der Waals surface area contributed by atoms with Crippen LogP contribution in [-0.4, -0.2) is 125 Å². The number of aliphatic imine (C=N–C) groups is 1. The van der Waals surface area contributed by atoms with Gasteiger partial charge in [-0.25, -0.2) is 19.6 Å². The summed E-state index contributed by atoms with van der Waals surface area (Å²) in [5, 5.41) is 40.9. The molecule has 0 radical (unpaired) electrons. The Hall–Kier alpha value is -6.70. The molecule has 4 amide bonds. The quantitative estimate of drug-likeness (QED) is 0.0199. The van der Waals surface area contributed by atoms with Crippen molar-refractivity contribution < 1.29 is 48.9 Å². The number of H-pyrrole nitrogens is 1. The average molecular weight is 862 g/mol. The fourth-order valence-corrected chi connectivity index (χ4v) is 6.36. The van der Waals surface area contributed by atoms with E-state index in [-0.39, 0.29) is 60.3 Å². The smallest absolute Gasteiger partial charge is 0.327 e. The molecule has 1 aromatic carbocycles. The van der Waals surface area contributed by atoms with E-state index in [1.54, 1.807) is 18.4 Å². The number of nitrogens with two attached hydrogens (primary N) is 3. The van der Waals surface area contributed by atoms with E-state index in [0.29, 0.717) is 11.4 Å². The molecule has 0 fully saturated rings. The molecule has 2 heterocycles. The number of aromatic amines is 1. The topological polar surface area (TPSA) is 402 Å². The minimum absolute atomic E-state index is 0.00118. The van der Waals surface area contributed by atoms with Gasteiger partial charge in [0.1, 0.15) is 24.2 Å². The monoisotopic (exact) mass is 861 g/mol. The molecule has 59 heavy (non-hydrogen) atoms. The van der Waals surface area contributed by atoms with Crippen molar-refractivity contribution in [1.29, 1.82) is 0 Å². The number of fused-ring (bicyclic) bond motifs is 1. The lowest BCUT2D eigenvalue weighted by Crippen LogP contribution is -2.56. The van der Waals surface area contributed by atoms with Crippen molar-refractivity contribution in [3.05, 3.63) is 52.1 Å². The van der Waals surface area contributed by atoms with Crippen molar-refractivity contribution in [3.63, 3.8) is 0 Å². The van der Waals surface area contributed by atoms with E-state index in [4.69, 9.17) is 17.2 Å². The standard InChI is InChI=1S/C33H43N13O11S2/c1-58-59-14-21(31(56)57)44-28(52)20(11-23(48)49)43-27(51)18(3-2-10-37-32(34)35)41-22(47)9-8-19(30(54)55)42-26(50)15-4-6-16(7-5-15)38-12-17-13-39-25-24(40-17)29(53)46-33(36)45-25/h4-7,13,18-21,38H,2-3,8-12,14H2,1H3,(H,41,47)(H,42,50)(H,43,51)(H,44,52)(H,48,49)(H,54,55)(H,56,57)(H4,34,35,37)(H3,36,39,45,46,53)/t18-,19-,20-,21?/m1/s1. The number of nitrogen functional groups attached to an aromatic ring is 1. The van der Waals surface area contributed by atoms with Gasteiger partial charge in [-0.1, -0.05) is 21.6 Å². The Balaban J connectivity index is 1.63. The largest absolute Gasteiger partial charge is 0.481 e. The van der Waals surface area contributed by atoms with Crippen LogP contribution in [0.2, 0.25) is 0 Å². The number of nitrogens with zero attached hydrogens (tertiary/aromatic N) is 4. The van der Waals surface area contributed by atoms with E-state index in [2.05, 4.69) is 51.5 Å². The Kier molecular flexibility index (Phi) is 18.1. The van der Waals surface area contributed by atoms with E-state index < -0.39 is 90.5 Å². The summed E-state index contributed by atoms with van der Waals surface area (Å²) >= 11 is 0. The lowest BCUT2D eigenvalue weighted by atomic mass is 10.1. The Labute approximate surface area is 342 Å². The molecule has 15 N–H and O–H groups in total. The fraction of sp³-hybridized carbons (Fsp3) is 0.394. The molecule has 2 aromatic heterocycles. The van der Waals surface area contributed by atoms with E-state index >= 15 is 0 Å². The molecule has 1 unspecified atom stereocenters. The van der Waals surface area contributed by atoms with Crippen LogP contribution in [0, 0.1) is 0 Å². The van der Waals surface area contributed by atoms with Gasteiger partial charge in [0.2, 0.25) is 23.7 Å². The molecule has 0 bridgehead atoms. The molecule has 318 valence electrons. The maximum atomic E-state index is 13.4. The van der Waals surface area contributed by atoms with Crippen LogP contribution in [0.3, 0.4) is 0 Å². The maximum Gasteiger partial charge on any atom is 0.327 e. The van der Waals surface area contributed by atoms with Gasteiger partial charge in [-0.3, -0.25) is 38.7 Å². The molecule has 26 heteroatoms. The number of rotatable bonds is 24. The zero-order chi connectivity index (χ0) is 43.6. The van der Waals surface area contributed by atoms with Crippen molar-refractivity contribution in [1.82, 2.24) is 41.2 Å². The highest BCUT2D eigenvalue weighted by Crippen LogP contribution is 2.18. The Morgan fingerprint density at radius 1 is 0.864 bits per heavy atom. The summed E-state index contributed by atoms with van der Waals surface area (Å²) in [7, 11) is 2.37. The second-order valence-corrected chi connectivity index (χ2v) is 15.0. The van der Waals surface area contributed by atoms with Crippen molar-refractivity contribution in [2.75, 3.05) is 29.6 Å². The average Bonchev–Trinajstić information content (AvgIpc) is 3.17. The number of nitrogens with one attached hydrogen (secondary N) is 6. The first-order valence-electron chi connectivity index (χ1n) is 17.4. The van der Waals surface area contributed by atoms with Crippen LogP contribution >= 0.6 is 21.6 Å². The maximum absolute atomic E-state index is 13.4. The first-order valence-corrected chi connectivity index (χ1v) is 20.1. The number of guanidine groups is 1. The number of aliphatic carboxylic acids is 3.